The van der Waals surface area contributed by atoms with Crippen LogP contribution in [0.5, 0.6) is 0 Å². The van der Waals surface area contributed by atoms with Gasteiger partial charge >= 0.3 is 5.97 Å². The minimum absolute atomic E-state index is 0.298. The molecule has 1 N–H and O–H groups in total. The molecule has 5 heteroatoms. The molecule has 0 aliphatic carbocycles. The molecule has 0 saturated heterocycles. The SMILES string of the molecule is CCc1sc(C(=O)O[C@H](C)C(=O)NCc2ccc(C)cc2)cc1C. The number of nitrogens with one attached hydrogen (secondary N) is 1. The van der Waals surface area contributed by atoms with Gasteiger partial charge in [-0.3, -0.25) is 4.79 Å². The van der Waals surface area contributed by atoms with E-state index >= 15 is 0 Å². The molecule has 4 nitrogen and oxygen atoms in total. The molecule has 24 heavy (non-hydrogen) atoms. The van der Waals surface area contributed by atoms with E-state index in [4.69, 9.17) is 4.74 Å². The van der Waals surface area contributed by atoms with Gasteiger partial charge in [-0.15, -0.1) is 11.3 Å². The number of carbonyl (C=O) groups excluding carboxylic acids is 2. The lowest BCUT2D eigenvalue weighted by Gasteiger charge is -2.13. The van der Waals surface area contributed by atoms with Gasteiger partial charge in [-0.2, -0.15) is 0 Å². The molecule has 0 radical (unpaired) electrons. The summed E-state index contributed by atoms with van der Waals surface area (Å²) in [5, 5.41) is 2.79. The van der Waals surface area contributed by atoms with Crippen LogP contribution in [-0.2, 0) is 22.5 Å². The highest BCUT2D eigenvalue weighted by Crippen LogP contribution is 2.23. The standard InChI is InChI=1S/C19H23NO3S/c1-5-16-13(3)10-17(24-16)19(22)23-14(4)18(21)20-11-15-8-6-12(2)7-9-15/h6-10,14H,5,11H2,1-4H3,(H,20,21)/t14-/m1/s1. The first-order valence-electron chi connectivity index (χ1n) is 8.04. The average Bonchev–Trinajstić information content (AvgIpc) is 2.95. The molecule has 1 heterocycles. The Hall–Kier alpha value is -2.14. The third kappa shape index (κ3) is 4.68. The molecule has 0 aliphatic rings. The average molecular weight is 345 g/mol. The number of hydrogen-bond acceptors (Lipinski definition) is 4. The van der Waals surface area contributed by atoms with Crippen molar-refractivity contribution in [1.82, 2.24) is 5.32 Å². The normalized spacial score (nSPS) is 11.8. The summed E-state index contributed by atoms with van der Waals surface area (Å²) in [6.45, 7) is 8.04. The fourth-order valence-corrected chi connectivity index (χ4v) is 3.28. The minimum Gasteiger partial charge on any atom is -0.448 e. The summed E-state index contributed by atoms with van der Waals surface area (Å²) in [6.07, 6.45) is 0.0616. The van der Waals surface area contributed by atoms with E-state index < -0.39 is 12.1 Å². The molecule has 1 amide bonds. The summed E-state index contributed by atoms with van der Waals surface area (Å²) in [6, 6.07) is 9.74. The van der Waals surface area contributed by atoms with Crippen molar-refractivity contribution in [1.29, 1.82) is 0 Å². The highest BCUT2D eigenvalue weighted by molar-refractivity contribution is 7.14. The zero-order valence-corrected chi connectivity index (χ0v) is 15.3. The summed E-state index contributed by atoms with van der Waals surface area (Å²) < 4.78 is 5.28. The monoisotopic (exact) mass is 345 g/mol. The molecule has 2 rings (SSSR count). The largest absolute Gasteiger partial charge is 0.448 e. The van der Waals surface area contributed by atoms with Crippen molar-refractivity contribution in [2.45, 2.75) is 46.8 Å². The quantitative estimate of drug-likeness (QED) is 0.811. The van der Waals surface area contributed by atoms with Gasteiger partial charge < -0.3 is 10.1 Å². The summed E-state index contributed by atoms with van der Waals surface area (Å²) in [5.74, 6) is -0.742. The second-order valence-corrected chi connectivity index (χ2v) is 6.96. The minimum atomic E-state index is -0.824. The Morgan fingerprint density at radius 1 is 1.21 bits per heavy atom. The predicted octanol–water partition coefficient (Wildman–Crippen LogP) is 3.79. The number of esters is 1. The fourth-order valence-electron chi connectivity index (χ4n) is 2.28. The van der Waals surface area contributed by atoms with Gasteiger partial charge in [0.05, 0.1) is 0 Å². The lowest BCUT2D eigenvalue weighted by atomic mass is 10.1. The van der Waals surface area contributed by atoms with Crippen molar-refractivity contribution in [3.63, 3.8) is 0 Å². The number of rotatable bonds is 6. The van der Waals surface area contributed by atoms with Crippen LogP contribution >= 0.6 is 11.3 Å². The highest BCUT2D eigenvalue weighted by Gasteiger charge is 2.20. The zero-order valence-electron chi connectivity index (χ0n) is 14.5. The summed E-state index contributed by atoms with van der Waals surface area (Å²) >= 11 is 1.43. The molecule has 2 aromatic rings. The first-order valence-corrected chi connectivity index (χ1v) is 8.86. The Morgan fingerprint density at radius 3 is 2.46 bits per heavy atom. The smallest absolute Gasteiger partial charge is 0.349 e. The van der Waals surface area contributed by atoms with Gasteiger partial charge in [-0.05, 0) is 44.4 Å². The Morgan fingerprint density at radius 2 is 1.88 bits per heavy atom. The third-order valence-electron chi connectivity index (χ3n) is 3.78. The lowest BCUT2D eigenvalue weighted by Crippen LogP contribution is -2.35. The number of thiophene rings is 1. The van der Waals surface area contributed by atoms with Crippen LogP contribution in [-0.4, -0.2) is 18.0 Å². The molecule has 128 valence electrons. The molecule has 1 atom stereocenters. The van der Waals surface area contributed by atoms with Gasteiger partial charge in [0, 0.05) is 11.4 Å². The first-order chi connectivity index (χ1) is 11.4. The Bertz CT molecular complexity index is 719. The van der Waals surface area contributed by atoms with Crippen molar-refractivity contribution < 1.29 is 14.3 Å². The van der Waals surface area contributed by atoms with Crippen molar-refractivity contribution in [2.75, 3.05) is 0 Å². The number of hydrogen-bond donors (Lipinski definition) is 1. The summed E-state index contributed by atoms with van der Waals surface area (Å²) in [5.41, 5.74) is 3.27. The van der Waals surface area contributed by atoms with Gasteiger partial charge in [-0.25, -0.2) is 4.79 Å². The van der Waals surface area contributed by atoms with Crippen LogP contribution in [0.2, 0.25) is 0 Å². The second kappa shape index (κ2) is 8.11. The lowest BCUT2D eigenvalue weighted by molar-refractivity contribution is -0.129. The molecule has 0 unspecified atom stereocenters. The van der Waals surface area contributed by atoms with Crippen LogP contribution in [0, 0.1) is 13.8 Å². The number of carbonyl (C=O) groups is 2. The first kappa shape index (κ1) is 18.2. The highest BCUT2D eigenvalue weighted by atomic mass is 32.1. The van der Waals surface area contributed by atoms with E-state index in [0.29, 0.717) is 11.4 Å². The van der Waals surface area contributed by atoms with Crippen molar-refractivity contribution in [2.24, 2.45) is 0 Å². The Labute approximate surface area is 146 Å². The number of amides is 1. The predicted molar refractivity (Wildman–Crippen MR) is 96.3 cm³/mol. The molecule has 0 saturated carbocycles. The van der Waals surface area contributed by atoms with E-state index in [0.717, 1.165) is 17.5 Å². The van der Waals surface area contributed by atoms with Crippen molar-refractivity contribution in [3.05, 3.63) is 56.8 Å². The summed E-state index contributed by atoms with van der Waals surface area (Å²) in [4.78, 5) is 26.0. The molecule has 0 aliphatic heterocycles. The molecule has 0 fully saturated rings. The molecular weight excluding hydrogens is 322 g/mol. The van der Waals surface area contributed by atoms with Crippen LogP contribution in [0.3, 0.4) is 0 Å². The topological polar surface area (TPSA) is 55.4 Å². The van der Waals surface area contributed by atoms with Crippen LogP contribution in [0.4, 0.5) is 0 Å². The van der Waals surface area contributed by atoms with Crippen molar-refractivity contribution >= 4 is 23.2 Å². The maximum Gasteiger partial charge on any atom is 0.349 e. The van der Waals surface area contributed by atoms with Crippen LogP contribution in [0.25, 0.3) is 0 Å². The summed E-state index contributed by atoms with van der Waals surface area (Å²) in [7, 11) is 0. The maximum absolute atomic E-state index is 12.2. The van der Waals surface area contributed by atoms with E-state index in [1.165, 1.54) is 21.8 Å². The molecule has 0 bridgehead atoms. The van der Waals surface area contributed by atoms with E-state index in [1.807, 2.05) is 44.2 Å². The Kier molecular flexibility index (Phi) is 6.15. The van der Waals surface area contributed by atoms with Crippen LogP contribution in [0.15, 0.2) is 30.3 Å². The van der Waals surface area contributed by atoms with Gasteiger partial charge in [0.15, 0.2) is 6.10 Å². The molecule has 0 spiro atoms. The second-order valence-electron chi connectivity index (χ2n) is 5.82. The van der Waals surface area contributed by atoms with Crippen molar-refractivity contribution in [3.8, 4) is 0 Å². The molecule has 1 aromatic carbocycles. The molecule has 1 aromatic heterocycles. The van der Waals surface area contributed by atoms with Gasteiger partial charge in [0.2, 0.25) is 0 Å². The number of benzene rings is 1. The van der Waals surface area contributed by atoms with E-state index in [-0.39, 0.29) is 5.91 Å². The third-order valence-corrected chi connectivity index (χ3v) is 5.14. The number of ether oxygens (including phenoxy) is 1. The zero-order chi connectivity index (χ0) is 17.7. The van der Waals surface area contributed by atoms with Gasteiger partial charge in [0.1, 0.15) is 4.88 Å². The van der Waals surface area contributed by atoms with E-state index in [1.54, 1.807) is 6.92 Å². The molecular formula is C19H23NO3S. The van der Waals surface area contributed by atoms with Crippen LogP contribution < -0.4 is 5.32 Å². The van der Waals surface area contributed by atoms with E-state index in [2.05, 4.69) is 12.2 Å². The van der Waals surface area contributed by atoms with Gasteiger partial charge in [0.25, 0.3) is 5.91 Å². The number of aryl methyl sites for hydroxylation is 3. The fraction of sp³-hybridized carbons (Fsp3) is 0.368. The van der Waals surface area contributed by atoms with Crippen LogP contribution in [0.1, 0.15) is 45.1 Å². The Balaban J connectivity index is 1.88. The van der Waals surface area contributed by atoms with Gasteiger partial charge in [-0.1, -0.05) is 36.8 Å². The van der Waals surface area contributed by atoms with E-state index in [9.17, 15) is 9.59 Å². The maximum atomic E-state index is 12.2.